The van der Waals surface area contributed by atoms with Crippen molar-refractivity contribution >= 4 is 11.7 Å². The molecule has 1 saturated heterocycles. The van der Waals surface area contributed by atoms with Crippen molar-refractivity contribution in [3.63, 3.8) is 0 Å². The summed E-state index contributed by atoms with van der Waals surface area (Å²) in [5.41, 5.74) is 1.75. The highest BCUT2D eigenvalue weighted by Crippen LogP contribution is 2.32. The fourth-order valence-electron chi connectivity index (χ4n) is 2.97. The summed E-state index contributed by atoms with van der Waals surface area (Å²) in [6.45, 7) is 0.754. The monoisotopic (exact) mass is 300 g/mol. The van der Waals surface area contributed by atoms with Crippen LogP contribution in [0.1, 0.15) is 24.6 Å². The van der Waals surface area contributed by atoms with E-state index < -0.39 is 0 Å². The van der Waals surface area contributed by atoms with E-state index in [4.69, 9.17) is 4.74 Å². The SMILES string of the molecule is COc1ncccc1NC(=O)N1CCC[C@H]1c1cccn1C. The van der Waals surface area contributed by atoms with E-state index in [-0.39, 0.29) is 12.1 Å². The topological polar surface area (TPSA) is 59.4 Å². The molecule has 0 saturated carbocycles. The third-order valence-electron chi connectivity index (χ3n) is 4.05. The molecule has 3 heterocycles. The lowest BCUT2D eigenvalue weighted by Crippen LogP contribution is -2.35. The van der Waals surface area contributed by atoms with E-state index in [1.54, 1.807) is 25.4 Å². The summed E-state index contributed by atoms with van der Waals surface area (Å²) in [6, 6.07) is 7.64. The van der Waals surface area contributed by atoms with E-state index in [1.807, 2.05) is 24.2 Å². The second-order valence-electron chi connectivity index (χ2n) is 5.39. The summed E-state index contributed by atoms with van der Waals surface area (Å²) >= 11 is 0. The molecule has 1 atom stereocenters. The van der Waals surface area contributed by atoms with Gasteiger partial charge in [-0.15, -0.1) is 0 Å². The Labute approximate surface area is 129 Å². The Hall–Kier alpha value is -2.50. The predicted molar refractivity (Wildman–Crippen MR) is 83.9 cm³/mol. The number of hydrogen-bond donors (Lipinski definition) is 1. The quantitative estimate of drug-likeness (QED) is 0.948. The fourth-order valence-corrected chi connectivity index (χ4v) is 2.97. The molecule has 1 aliphatic heterocycles. The summed E-state index contributed by atoms with van der Waals surface area (Å²) in [4.78, 5) is 18.6. The van der Waals surface area contributed by atoms with Gasteiger partial charge in [0.15, 0.2) is 0 Å². The van der Waals surface area contributed by atoms with Crippen LogP contribution in [-0.4, -0.2) is 34.1 Å². The number of aryl methyl sites for hydroxylation is 1. The molecule has 3 rings (SSSR count). The lowest BCUT2D eigenvalue weighted by atomic mass is 10.1. The molecule has 0 unspecified atom stereocenters. The molecular formula is C16H20N4O2. The summed E-state index contributed by atoms with van der Waals surface area (Å²) in [6.07, 6.45) is 5.63. The molecule has 0 radical (unpaired) electrons. The number of rotatable bonds is 3. The van der Waals surface area contributed by atoms with Gasteiger partial charge in [0.25, 0.3) is 0 Å². The van der Waals surface area contributed by atoms with Crippen molar-refractivity contribution in [2.75, 3.05) is 19.0 Å². The van der Waals surface area contributed by atoms with E-state index in [0.29, 0.717) is 11.6 Å². The molecule has 2 aromatic heterocycles. The Morgan fingerprint density at radius 2 is 2.27 bits per heavy atom. The van der Waals surface area contributed by atoms with E-state index in [0.717, 1.165) is 25.1 Å². The molecule has 0 spiro atoms. The molecule has 6 heteroatoms. The summed E-state index contributed by atoms with van der Waals surface area (Å²) in [5, 5.41) is 2.91. The Morgan fingerprint density at radius 3 is 3.00 bits per heavy atom. The Balaban J connectivity index is 1.78. The average molecular weight is 300 g/mol. The zero-order valence-corrected chi connectivity index (χ0v) is 12.8. The molecule has 1 aliphatic rings. The number of anilines is 1. The van der Waals surface area contributed by atoms with Gasteiger partial charge in [0.05, 0.1) is 13.2 Å². The van der Waals surface area contributed by atoms with Gasteiger partial charge in [-0.1, -0.05) is 0 Å². The first-order valence-corrected chi connectivity index (χ1v) is 7.38. The van der Waals surface area contributed by atoms with E-state index in [9.17, 15) is 4.79 Å². The molecule has 116 valence electrons. The Bertz CT molecular complexity index is 668. The largest absolute Gasteiger partial charge is 0.480 e. The summed E-state index contributed by atoms with van der Waals surface area (Å²) in [7, 11) is 3.55. The van der Waals surface area contributed by atoms with Crippen molar-refractivity contribution in [2.24, 2.45) is 7.05 Å². The van der Waals surface area contributed by atoms with Crippen LogP contribution in [0.4, 0.5) is 10.5 Å². The van der Waals surface area contributed by atoms with E-state index in [1.165, 1.54) is 0 Å². The number of likely N-dealkylation sites (tertiary alicyclic amines) is 1. The lowest BCUT2D eigenvalue weighted by Gasteiger charge is -2.25. The first-order valence-electron chi connectivity index (χ1n) is 7.38. The van der Waals surface area contributed by atoms with Crippen molar-refractivity contribution < 1.29 is 9.53 Å². The van der Waals surface area contributed by atoms with Crippen LogP contribution in [0.25, 0.3) is 0 Å². The van der Waals surface area contributed by atoms with Gasteiger partial charge in [0.2, 0.25) is 5.88 Å². The second kappa shape index (κ2) is 6.09. The van der Waals surface area contributed by atoms with Gasteiger partial charge in [-0.3, -0.25) is 0 Å². The van der Waals surface area contributed by atoms with Gasteiger partial charge >= 0.3 is 6.03 Å². The number of nitrogens with zero attached hydrogens (tertiary/aromatic N) is 3. The average Bonchev–Trinajstić information content (AvgIpc) is 3.16. The maximum atomic E-state index is 12.6. The molecule has 6 nitrogen and oxygen atoms in total. The van der Waals surface area contributed by atoms with Crippen molar-refractivity contribution in [1.82, 2.24) is 14.5 Å². The molecule has 0 aliphatic carbocycles. The number of carbonyl (C=O) groups excluding carboxylic acids is 1. The van der Waals surface area contributed by atoms with Crippen molar-refractivity contribution in [3.8, 4) is 5.88 Å². The molecule has 0 aromatic carbocycles. The third-order valence-corrected chi connectivity index (χ3v) is 4.05. The van der Waals surface area contributed by atoms with E-state index in [2.05, 4.69) is 20.9 Å². The molecule has 22 heavy (non-hydrogen) atoms. The van der Waals surface area contributed by atoms with Crippen LogP contribution in [0, 0.1) is 0 Å². The molecule has 1 fully saturated rings. The Kier molecular flexibility index (Phi) is 4.00. The smallest absolute Gasteiger partial charge is 0.322 e. The minimum Gasteiger partial charge on any atom is -0.480 e. The van der Waals surface area contributed by atoms with Crippen LogP contribution >= 0.6 is 0 Å². The number of aromatic nitrogens is 2. The van der Waals surface area contributed by atoms with Crippen LogP contribution in [0.2, 0.25) is 0 Å². The highest BCUT2D eigenvalue weighted by molar-refractivity contribution is 5.91. The number of hydrogen-bond acceptors (Lipinski definition) is 3. The van der Waals surface area contributed by atoms with Crippen molar-refractivity contribution in [1.29, 1.82) is 0 Å². The van der Waals surface area contributed by atoms with Crippen LogP contribution < -0.4 is 10.1 Å². The van der Waals surface area contributed by atoms with Crippen LogP contribution in [0.5, 0.6) is 5.88 Å². The highest BCUT2D eigenvalue weighted by Gasteiger charge is 2.31. The van der Waals surface area contributed by atoms with Gasteiger partial charge in [-0.2, -0.15) is 0 Å². The van der Waals surface area contributed by atoms with E-state index >= 15 is 0 Å². The number of amides is 2. The highest BCUT2D eigenvalue weighted by atomic mass is 16.5. The van der Waals surface area contributed by atoms with Crippen LogP contribution in [0.3, 0.4) is 0 Å². The number of carbonyl (C=O) groups is 1. The summed E-state index contributed by atoms with van der Waals surface area (Å²) in [5.74, 6) is 0.422. The summed E-state index contributed by atoms with van der Waals surface area (Å²) < 4.78 is 7.25. The molecule has 0 bridgehead atoms. The molecular weight excluding hydrogens is 280 g/mol. The first-order chi connectivity index (χ1) is 10.7. The predicted octanol–water partition coefficient (Wildman–Crippen LogP) is 2.80. The number of methoxy groups -OCH3 is 1. The maximum absolute atomic E-state index is 12.6. The minimum atomic E-state index is -0.116. The van der Waals surface area contributed by atoms with Gasteiger partial charge < -0.3 is 19.5 Å². The standard InChI is InChI=1S/C16H20N4O2/c1-19-10-4-7-13(19)14-8-5-11-20(14)16(21)18-12-6-3-9-17-15(12)22-2/h3-4,6-7,9-10,14H,5,8,11H2,1-2H3,(H,18,21)/t14-/m0/s1. The Morgan fingerprint density at radius 1 is 1.41 bits per heavy atom. The minimum absolute atomic E-state index is 0.114. The first kappa shape index (κ1) is 14.4. The number of pyridine rings is 1. The molecule has 2 amide bonds. The third kappa shape index (κ3) is 2.64. The second-order valence-corrected chi connectivity index (χ2v) is 5.39. The number of ether oxygens (including phenoxy) is 1. The number of nitrogens with one attached hydrogen (secondary N) is 1. The van der Waals surface area contributed by atoms with Crippen molar-refractivity contribution in [3.05, 3.63) is 42.4 Å². The zero-order chi connectivity index (χ0) is 15.5. The molecule has 2 aromatic rings. The van der Waals surface area contributed by atoms with Gasteiger partial charge in [-0.05, 0) is 37.1 Å². The normalized spacial score (nSPS) is 17.5. The fraction of sp³-hybridized carbons (Fsp3) is 0.375. The maximum Gasteiger partial charge on any atom is 0.322 e. The van der Waals surface area contributed by atoms with Gasteiger partial charge in [0, 0.05) is 31.7 Å². The van der Waals surface area contributed by atoms with Crippen molar-refractivity contribution in [2.45, 2.75) is 18.9 Å². The van der Waals surface area contributed by atoms with Crippen LogP contribution in [-0.2, 0) is 7.05 Å². The van der Waals surface area contributed by atoms with Crippen LogP contribution in [0.15, 0.2) is 36.7 Å². The molecule has 1 N–H and O–H groups in total. The van der Waals surface area contributed by atoms with Gasteiger partial charge in [-0.25, -0.2) is 9.78 Å². The zero-order valence-electron chi connectivity index (χ0n) is 12.8. The van der Waals surface area contributed by atoms with Gasteiger partial charge in [0.1, 0.15) is 5.69 Å². The lowest BCUT2D eigenvalue weighted by molar-refractivity contribution is 0.205. The number of urea groups is 1.